The van der Waals surface area contributed by atoms with E-state index >= 15 is 0 Å². The van der Waals surface area contributed by atoms with Crippen LogP contribution in [0.4, 0.5) is 0 Å². The van der Waals surface area contributed by atoms with E-state index in [1.165, 1.54) is 7.11 Å². The van der Waals surface area contributed by atoms with Gasteiger partial charge in [0.15, 0.2) is 0 Å². The molecule has 0 aromatic heterocycles. The van der Waals surface area contributed by atoms with Gasteiger partial charge in [-0.3, -0.25) is 4.79 Å². The summed E-state index contributed by atoms with van der Waals surface area (Å²) < 4.78 is 4.40. The molecule has 0 heterocycles. The quantitative estimate of drug-likeness (QED) is 0.563. The Kier molecular flexibility index (Phi) is 6.11. The molecule has 16 heavy (non-hydrogen) atoms. The van der Waals surface area contributed by atoms with Crippen LogP contribution in [0.1, 0.15) is 27.7 Å². The van der Waals surface area contributed by atoms with Crippen LogP contribution in [0.5, 0.6) is 0 Å². The third kappa shape index (κ3) is 4.23. The maximum Gasteiger partial charge on any atom is 0.349 e. The second-order valence-electron chi connectivity index (χ2n) is 3.92. The molecule has 0 radical (unpaired) electrons. The first-order valence-corrected chi connectivity index (χ1v) is 5.46. The average Bonchev–Trinajstić information content (AvgIpc) is 2.14. The third-order valence-electron chi connectivity index (χ3n) is 2.00. The van der Waals surface area contributed by atoms with Crippen LogP contribution >= 0.6 is 11.6 Å². The molecule has 1 amide bonds. The maximum atomic E-state index is 11.8. The molecule has 0 spiro atoms. The van der Waals surface area contributed by atoms with Gasteiger partial charge in [-0.2, -0.15) is 0 Å². The Bertz CT molecular complexity index is 290. The molecule has 0 aromatic carbocycles. The van der Waals surface area contributed by atoms with E-state index in [4.69, 9.17) is 11.6 Å². The normalized spacial score (nSPS) is 11.9. The first kappa shape index (κ1) is 15.0. The molecule has 0 unspecified atom stereocenters. The summed E-state index contributed by atoms with van der Waals surface area (Å²) in [7, 11) is 1.21. The van der Waals surface area contributed by atoms with Crippen molar-refractivity contribution in [1.29, 1.82) is 0 Å². The highest BCUT2D eigenvalue weighted by Crippen LogP contribution is 2.10. The lowest BCUT2D eigenvalue weighted by atomic mass is 10.2. The van der Waals surface area contributed by atoms with Crippen LogP contribution in [0.25, 0.3) is 0 Å². The molecule has 0 saturated carbocycles. The van der Waals surface area contributed by atoms with Gasteiger partial charge in [0.2, 0.25) is 5.91 Å². The number of halogens is 1. The first-order valence-electron chi connectivity index (χ1n) is 5.09. The van der Waals surface area contributed by atoms with E-state index in [9.17, 15) is 9.59 Å². The summed E-state index contributed by atoms with van der Waals surface area (Å²) in [6.07, 6.45) is 1.09. The fraction of sp³-hybridized carbons (Fsp3) is 0.636. The average molecular weight is 248 g/mol. The molecule has 0 N–H and O–H groups in total. The zero-order valence-electron chi connectivity index (χ0n) is 10.3. The summed E-state index contributed by atoms with van der Waals surface area (Å²) >= 11 is 5.62. The standard InChI is InChI=1S/C11H18ClNO3/c1-7(2)13(8(3)4)10(14)6-9(12)11(15)16-5/h6-8H,1-5H3/b9-6+. The molecule has 0 aliphatic carbocycles. The number of esters is 1. The number of carbonyl (C=O) groups excluding carboxylic acids is 2. The molecular formula is C11H18ClNO3. The predicted molar refractivity (Wildman–Crippen MR) is 63.1 cm³/mol. The Morgan fingerprint density at radius 2 is 1.62 bits per heavy atom. The zero-order valence-corrected chi connectivity index (χ0v) is 11.0. The van der Waals surface area contributed by atoms with Gasteiger partial charge in [0.25, 0.3) is 0 Å². The maximum absolute atomic E-state index is 11.8. The van der Waals surface area contributed by atoms with E-state index < -0.39 is 5.97 Å². The monoisotopic (exact) mass is 247 g/mol. The minimum atomic E-state index is -0.706. The van der Waals surface area contributed by atoms with Gasteiger partial charge in [-0.1, -0.05) is 11.6 Å². The Morgan fingerprint density at radius 1 is 1.19 bits per heavy atom. The topological polar surface area (TPSA) is 46.6 Å². The highest BCUT2D eigenvalue weighted by atomic mass is 35.5. The fourth-order valence-corrected chi connectivity index (χ4v) is 1.62. The van der Waals surface area contributed by atoms with E-state index in [2.05, 4.69) is 4.74 Å². The first-order chi connectivity index (χ1) is 7.31. The summed E-state index contributed by atoms with van der Waals surface area (Å²) in [6.45, 7) is 7.60. The van der Waals surface area contributed by atoms with Crippen LogP contribution in [0.2, 0.25) is 0 Å². The molecule has 0 aromatic rings. The van der Waals surface area contributed by atoms with Crippen molar-refractivity contribution in [3.8, 4) is 0 Å². The number of carbonyl (C=O) groups is 2. The van der Waals surface area contributed by atoms with Crippen LogP contribution < -0.4 is 0 Å². The second-order valence-corrected chi connectivity index (χ2v) is 4.32. The van der Waals surface area contributed by atoms with Gasteiger partial charge in [-0.25, -0.2) is 4.79 Å². The molecule has 0 rings (SSSR count). The van der Waals surface area contributed by atoms with Crippen molar-refractivity contribution in [2.45, 2.75) is 39.8 Å². The number of hydrogen-bond donors (Lipinski definition) is 0. The van der Waals surface area contributed by atoms with Crippen LogP contribution in [-0.2, 0) is 14.3 Å². The Labute approximate surface area is 101 Å². The van der Waals surface area contributed by atoms with Crippen molar-refractivity contribution in [3.63, 3.8) is 0 Å². The predicted octanol–water partition coefficient (Wildman–Crippen LogP) is 1.93. The number of hydrogen-bond acceptors (Lipinski definition) is 3. The molecule has 4 nitrogen and oxygen atoms in total. The molecule has 0 aliphatic heterocycles. The van der Waals surface area contributed by atoms with Gasteiger partial charge in [0, 0.05) is 18.2 Å². The summed E-state index contributed by atoms with van der Waals surface area (Å²) in [5.41, 5.74) is 0. The molecule has 0 fully saturated rings. The van der Waals surface area contributed by atoms with Crippen molar-refractivity contribution in [2.24, 2.45) is 0 Å². The lowest BCUT2D eigenvalue weighted by molar-refractivity contribution is -0.136. The van der Waals surface area contributed by atoms with E-state index in [0.29, 0.717) is 0 Å². The number of methoxy groups -OCH3 is 1. The van der Waals surface area contributed by atoms with Crippen molar-refractivity contribution in [2.75, 3.05) is 7.11 Å². The van der Waals surface area contributed by atoms with Crippen LogP contribution in [-0.4, -0.2) is 36.0 Å². The lowest BCUT2D eigenvalue weighted by Gasteiger charge is -2.29. The fourth-order valence-electron chi connectivity index (χ4n) is 1.44. The van der Waals surface area contributed by atoms with Crippen LogP contribution in [0.3, 0.4) is 0 Å². The Balaban J connectivity index is 4.84. The van der Waals surface area contributed by atoms with Gasteiger partial charge < -0.3 is 9.64 Å². The molecule has 0 saturated heterocycles. The molecule has 0 aliphatic rings. The molecule has 92 valence electrons. The summed E-state index contributed by atoms with van der Waals surface area (Å²) in [5.74, 6) is -0.997. The smallest absolute Gasteiger partial charge is 0.349 e. The molecule has 0 atom stereocenters. The minimum Gasteiger partial charge on any atom is -0.465 e. The second kappa shape index (κ2) is 6.53. The van der Waals surface area contributed by atoms with Gasteiger partial charge >= 0.3 is 5.97 Å². The van der Waals surface area contributed by atoms with E-state index in [1.807, 2.05) is 27.7 Å². The number of nitrogens with zero attached hydrogens (tertiary/aromatic N) is 1. The number of amides is 1. The van der Waals surface area contributed by atoms with Crippen molar-refractivity contribution in [1.82, 2.24) is 4.90 Å². The summed E-state index contributed by atoms with van der Waals surface area (Å²) in [6, 6.07) is 0.0942. The van der Waals surface area contributed by atoms with Gasteiger partial charge in [-0.05, 0) is 27.7 Å². The molecular weight excluding hydrogens is 230 g/mol. The summed E-state index contributed by atoms with van der Waals surface area (Å²) in [4.78, 5) is 24.5. The Hall–Kier alpha value is -1.03. The van der Waals surface area contributed by atoms with Gasteiger partial charge in [0.05, 0.1) is 7.11 Å². The molecule has 5 heteroatoms. The minimum absolute atomic E-state index is 0.0471. The Morgan fingerprint density at radius 3 is 1.94 bits per heavy atom. The lowest BCUT2D eigenvalue weighted by Crippen LogP contribution is -2.41. The zero-order chi connectivity index (χ0) is 12.9. The highest BCUT2D eigenvalue weighted by Gasteiger charge is 2.20. The number of ether oxygens (including phenoxy) is 1. The van der Waals surface area contributed by atoms with Crippen LogP contribution in [0, 0.1) is 0 Å². The van der Waals surface area contributed by atoms with Crippen molar-refractivity contribution < 1.29 is 14.3 Å². The van der Waals surface area contributed by atoms with Crippen molar-refractivity contribution in [3.05, 3.63) is 11.1 Å². The van der Waals surface area contributed by atoms with E-state index in [0.717, 1.165) is 6.08 Å². The summed E-state index contributed by atoms with van der Waals surface area (Å²) in [5, 5.41) is -0.209. The van der Waals surface area contributed by atoms with E-state index in [-0.39, 0.29) is 23.0 Å². The molecule has 0 bridgehead atoms. The SMILES string of the molecule is COC(=O)/C(Cl)=C\C(=O)N(C(C)C)C(C)C. The van der Waals surface area contributed by atoms with E-state index in [1.54, 1.807) is 4.90 Å². The highest BCUT2D eigenvalue weighted by molar-refractivity contribution is 6.42. The third-order valence-corrected chi connectivity index (χ3v) is 2.26. The largest absolute Gasteiger partial charge is 0.465 e. The number of rotatable bonds is 4. The van der Waals surface area contributed by atoms with Crippen molar-refractivity contribution >= 4 is 23.5 Å². The van der Waals surface area contributed by atoms with Gasteiger partial charge in [-0.15, -0.1) is 0 Å². The van der Waals surface area contributed by atoms with Crippen LogP contribution in [0.15, 0.2) is 11.1 Å². The van der Waals surface area contributed by atoms with Gasteiger partial charge in [0.1, 0.15) is 5.03 Å².